The molecule has 2 heterocycles. The van der Waals surface area contributed by atoms with Gasteiger partial charge in [-0.15, -0.1) is 0 Å². The van der Waals surface area contributed by atoms with E-state index in [0.717, 1.165) is 62.4 Å². The average Bonchev–Trinajstić information content (AvgIpc) is 2.99. The monoisotopic (exact) mass is 358 g/mol. The quantitative estimate of drug-likeness (QED) is 0.746. The fourth-order valence-electron chi connectivity index (χ4n) is 3.63. The molecule has 0 saturated heterocycles. The summed E-state index contributed by atoms with van der Waals surface area (Å²) in [4.78, 5) is 25.6. The second-order valence-electron chi connectivity index (χ2n) is 7.44. The van der Waals surface area contributed by atoms with Gasteiger partial charge in [-0.25, -0.2) is 4.98 Å². The molecule has 7 nitrogen and oxygen atoms in total. The average molecular weight is 358 g/mol. The third-order valence-corrected chi connectivity index (χ3v) is 5.11. The largest absolute Gasteiger partial charge is 0.368 e. The van der Waals surface area contributed by atoms with Crippen molar-refractivity contribution in [2.24, 2.45) is 5.92 Å². The van der Waals surface area contributed by atoms with Crippen LogP contribution in [0.25, 0.3) is 0 Å². The van der Waals surface area contributed by atoms with E-state index in [1.165, 1.54) is 0 Å². The maximum atomic E-state index is 12.7. The summed E-state index contributed by atoms with van der Waals surface area (Å²) < 4.78 is 0. The number of anilines is 2. The fraction of sp³-hybridized carbons (Fsp3) is 0.632. The number of likely N-dealkylation sites (N-methyl/N-ethyl adjacent to an activating group) is 1. The van der Waals surface area contributed by atoms with Crippen LogP contribution in [0.2, 0.25) is 0 Å². The van der Waals surface area contributed by atoms with Crippen molar-refractivity contribution in [3.8, 4) is 0 Å². The van der Waals surface area contributed by atoms with Crippen molar-refractivity contribution in [3.05, 3.63) is 23.4 Å². The van der Waals surface area contributed by atoms with Gasteiger partial charge in [0.05, 0.1) is 5.69 Å². The minimum atomic E-state index is 0.248. The summed E-state index contributed by atoms with van der Waals surface area (Å²) in [5, 5.41) is 3.39. The van der Waals surface area contributed by atoms with Crippen LogP contribution in [0.4, 0.5) is 11.8 Å². The van der Waals surface area contributed by atoms with E-state index in [-0.39, 0.29) is 5.91 Å². The SMILES string of the molecule is CN(C)CCNc1nc(N)nc2c1CCN(C(=O)C[C@@H]1C=CCC1)CC2. The first kappa shape index (κ1) is 18.6. The third kappa shape index (κ3) is 4.72. The third-order valence-electron chi connectivity index (χ3n) is 5.11. The predicted molar refractivity (Wildman–Crippen MR) is 104 cm³/mol. The van der Waals surface area contributed by atoms with Gasteiger partial charge in [0, 0.05) is 44.6 Å². The van der Waals surface area contributed by atoms with Crippen LogP contribution >= 0.6 is 0 Å². The highest BCUT2D eigenvalue weighted by Crippen LogP contribution is 2.25. The smallest absolute Gasteiger partial charge is 0.223 e. The Bertz CT molecular complexity index is 672. The van der Waals surface area contributed by atoms with Crippen molar-refractivity contribution in [2.75, 3.05) is 51.3 Å². The normalized spacial score (nSPS) is 19.5. The summed E-state index contributed by atoms with van der Waals surface area (Å²) >= 11 is 0. The van der Waals surface area contributed by atoms with E-state index in [9.17, 15) is 4.79 Å². The van der Waals surface area contributed by atoms with Crippen LogP contribution in [0.5, 0.6) is 0 Å². The highest BCUT2D eigenvalue weighted by Gasteiger charge is 2.24. The van der Waals surface area contributed by atoms with Crippen LogP contribution in [0, 0.1) is 5.92 Å². The number of nitrogens with two attached hydrogens (primary N) is 1. The first-order chi connectivity index (χ1) is 12.5. The van der Waals surface area contributed by atoms with Gasteiger partial charge in [0.2, 0.25) is 11.9 Å². The number of allylic oxidation sites excluding steroid dienone is 2. The molecule has 26 heavy (non-hydrogen) atoms. The maximum Gasteiger partial charge on any atom is 0.223 e. The number of nitrogens with zero attached hydrogens (tertiary/aromatic N) is 4. The van der Waals surface area contributed by atoms with Crippen molar-refractivity contribution in [3.63, 3.8) is 0 Å². The van der Waals surface area contributed by atoms with Gasteiger partial charge in [0.15, 0.2) is 0 Å². The van der Waals surface area contributed by atoms with Crippen LogP contribution in [0.15, 0.2) is 12.2 Å². The molecule has 0 fully saturated rings. The molecule has 1 amide bonds. The number of hydrogen-bond acceptors (Lipinski definition) is 6. The first-order valence-electron chi connectivity index (χ1n) is 9.51. The Hall–Kier alpha value is -2.15. The van der Waals surface area contributed by atoms with Crippen LogP contribution < -0.4 is 11.1 Å². The summed E-state index contributed by atoms with van der Waals surface area (Å²) in [6.07, 6.45) is 8.68. The fourth-order valence-corrected chi connectivity index (χ4v) is 3.63. The zero-order valence-electron chi connectivity index (χ0n) is 15.9. The molecule has 0 aromatic carbocycles. The van der Waals surface area contributed by atoms with E-state index in [1.54, 1.807) is 0 Å². The van der Waals surface area contributed by atoms with E-state index in [4.69, 9.17) is 5.73 Å². The van der Waals surface area contributed by atoms with Crippen molar-refractivity contribution in [1.29, 1.82) is 0 Å². The Morgan fingerprint density at radius 1 is 1.35 bits per heavy atom. The number of carbonyl (C=O) groups excluding carboxylic acids is 1. The molecule has 1 aliphatic heterocycles. The standard InChI is InChI=1S/C19H30N6O/c1-24(2)12-9-21-18-15-7-10-25(11-8-16(15)22-19(20)23-18)17(26)13-14-5-3-4-6-14/h3,5,14H,4,6-13H2,1-2H3,(H3,20,21,22,23)/t14-/m1/s1. The number of fused-ring (bicyclic) bond motifs is 1. The second-order valence-corrected chi connectivity index (χ2v) is 7.44. The molecule has 3 rings (SSSR count). The van der Waals surface area contributed by atoms with E-state index < -0.39 is 0 Å². The molecule has 1 aromatic rings. The second kappa shape index (κ2) is 8.49. The topological polar surface area (TPSA) is 87.4 Å². The summed E-state index contributed by atoms with van der Waals surface area (Å²) in [7, 11) is 4.08. The van der Waals surface area contributed by atoms with Gasteiger partial charge in [0.1, 0.15) is 5.82 Å². The molecular formula is C19H30N6O. The number of nitrogens with one attached hydrogen (secondary N) is 1. The van der Waals surface area contributed by atoms with Gasteiger partial charge in [0.25, 0.3) is 0 Å². The Balaban J connectivity index is 1.66. The molecule has 0 saturated carbocycles. The Labute approximate surface area is 155 Å². The number of rotatable bonds is 6. The van der Waals surface area contributed by atoms with E-state index >= 15 is 0 Å². The highest BCUT2D eigenvalue weighted by molar-refractivity contribution is 5.77. The predicted octanol–water partition coefficient (Wildman–Crippen LogP) is 1.32. The molecule has 3 N–H and O–H groups in total. The number of amides is 1. The molecule has 1 aliphatic carbocycles. The van der Waals surface area contributed by atoms with E-state index in [2.05, 4.69) is 32.3 Å². The molecule has 0 bridgehead atoms. The van der Waals surface area contributed by atoms with Gasteiger partial charge in [-0.1, -0.05) is 12.2 Å². The van der Waals surface area contributed by atoms with E-state index in [0.29, 0.717) is 24.8 Å². The lowest BCUT2D eigenvalue weighted by Gasteiger charge is -2.21. The Morgan fingerprint density at radius 3 is 2.88 bits per heavy atom. The molecule has 1 aromatic heterocycles. The summed E-state index contributed by atoms with van der Waals surface area (Å²) in [5.41, 5.74) is 7.99. The molecule has 2 aliphatic rings. The zero-order chi connectivity index (χ0) is 18.5. The number of nitrogen functional groups attached to an aromatic ring is 1. The van der Waals surface area contributed by atoms with Gasteiger partial charge >= 0.3 is 0 Å². The first-order valence-corrected chi connectivity index (χ1v) is 9.51. The molecule has 0 radical (unpaired) electrons. The van der Waals surface area contributed by atoms with Crippen LogP contribution in [-0.2, 0) is 17.6 Å². The Morgan fingerprint density at radius 2 is 2.15 bits per heavy atom. The van der Waals surface area contributed by atoms with Crippen molar-refractivity contribution in [2.45, 2.75) is 32.1 Å². The molecule has 0 spiro atoms. The van der Waals surface area contributed by atoms with Crippen LogP contribution in [0.1, 0.15) is 30.5 Å². The lowest BCUT2D eigenvalue weighted by atomic mass is 10.0. The van der Waals surface area contributed by atoms with Crippen LogP contribution in [-0.4, -0.2) is 65.9 Å². The molecular weight excluding hydrogens is 328 g/mol. The minimum Gasteiger partial charge on any atom is -0.368 e. The van der Waals surface area contributed by atoms with Crippen molar-refractivity contribution in [1.82, 2.24) is 19.8 Å². The van der Waals surface area contributed by atoms with Gasteiger partial charge in [-0.05, 0) is 39.3 Å². The van der Waals surface area contributed by atoms with Crippen LogP contribution in [0.3, 0.4) is 0 Å². The number of hydrogen-bond donors (Lipinski definition) is 2. The zero-order valence-corrected chi connectivity index (χ0v) is 15.9. The Kier molecular flexibility index (Phi) is 6.08. The lowest BCUT2D eigenvalue weighted by Crippen LogP contribution is -2.34. The van der Waals surface area contributed by atoms with E-state index in [1.807, 2.05) is 19.0 Å². The molecule has 0 unspecified atom stereocenters. The summed E-state index contributed by atoms with van der Waals surface area (Å²) in [6, 6.07) is 0. The van der Waals surface area contributed by atoms with Gasteiger partial charge < -0.3 is 20.9 Å². The summed E-state index contributed by atoms with van der Waals surface area (Å²) in [6.45, 7) is 3.14. The highest BCUT2D eigenvalue weighted by atomic mass is 16.2. The maximum absolute atomic E-state index is 12.7. The van der Waals surface area contributed by atoms with Gasteiger partial charge in [-0.3, -0.25) is 4.79 Å². The van der Waals surface area contributed by atoms with Crippen molar-refractivity contribution >= 4 is 17.7 Å². The molecule has 142 valence electrons. The summed E-state index contributed by atoms with van der Waals surface area (Å²) in [5.74, 6) is 1.78. The lowest BCUT2D eigenvalue weighted by molar-refractivity contribution is -0.131. The number of carbonyl (C=O) groups is 1. The van der Waals surface area contributed by atoms with Crippen molar-refractivity contribution < 1.29 is 4.79 Å². The number of aromatic nitrogens is 2. The minimum absolute atomic E-state index is 0.248. The molecule has 7 heteroatoms. The van der Waals surface area contributed by atoms with Gasteiger partial charge in [-0.2, -0.15) is 4.98 Å². The molecule has 1 atom stereocenters.